The van der Waals surface area contributed by atoms with Crippen LogP contribution in [-0.2, 0) is 0 Å². The fourth-order valence-corrected chi connectivity index (χ4v) is 4.68. The molecule has 0 fully saturated rings. The average molecular weight is 499 g/mol. The Hall–Kier alpha value is -2.03. The van der Waals surface area contributed by atoms with Crippen LogP contribution in [0.2, 0.25) is 0 Å². The molecule has 0 bridgehead atoms. The van der Waals surface area contributed by atoms with Gasteiger partial charge in [0.05, 0.1) is 0 Å². The van der Waals surface area contributed by atoms with Crippen molar-refractivity contribution in [1.29, 1.82) is 0 Å². The molecule has 0 saturated heterocycles. The quantitative estimate of drug-likeness (QED) is 0.159. The minimum Gasteiger partial charge on any atom is -0.399 e. The van der Waals surface area contributed by atoms with E-state index in [0.29, 0.717) is 18.0 Å². The second-order valence-corrected chi connectivity index (χ2v) is 10.4. The van der Waals surface area contributed by atoms with Gasteiger partial charge in [0, 0.05) is 11.4 Å². The van der Waals surface area contributed by atoms with Gasteiger partial charge in [-0.25, -0.2) is 4.39 Å². The first-order valence-electron chi connectivity index (χ1n) is 14.9. The Morgan fingerprint density at radius 1 is 0.500 bits per heavy atom. The van der Waals surface area contributed by atoms with E-state index in [0.717, 1.165) is 30.5 Å². The lowest BCUT2D eigenvalue weighted by molar-refractivity contribution is 0.312. The normalized spacial score (nSPS) is 12.6. The van der Waals surface area contributed by atoms with Crippen LogP contribution in [0.25, 0.3) is 0 Å². The molecule has 0 heterocycles. The number of alkyl halides is 1. The first-order valence-corrected chi connectivity index (χ1v) is 14.9. The van der Waals surface area contributed by atoms with E-state index in [4.69, 9.17) is 11.5 Å². The Morgan fingerprint density at radius 2 is 0.861 bits per heavy atom. The molecule has 3 heteroatoms. The number of halogens is 1. The highest BCUT2D eigenvalue weighted by atomic mass is 19.1. The number of nitrogen functional groups attached to an aromatic ring is 2. The highest BCUT2D eigenvalue weighted by Gasteiger charge is 2.13. The van der Waals surface area contributed by atoms with E-state index in [1.54, 1.807) is 24.3 Å². The molecular weight excluding hydrogens is 443 g/mol. The Bertz CT molecular complexity index is 737. The summed E-state index contributed by atoms with van der Waals surface area (Å²) in [5.74, 6) is 0.593. The summed E-state index contributed by atoms with van der Waals surface area (Å²) < 4.78 is 14.4. The van der Waals surface area contributed by atoms with Gasteiger partial charge >= 0.3 is 0 Å². The molecule has 0 saturated carbocycles. The smallest absolute Gasteiger partial charge is 0.125 e. The van der Waals surface area contributed by atoms with Gasteiger partial charge in [0.15, 0.2) is 0 Å². The third kappa shape index (κ3) is 15.2. The third-order valence-electron chi connectivity index (χ3n) is 7.08. The lowest BCUT2D eigenvalue weighted by Crippen LogP contribution is -2.01. The zero-order valence-electron chi connectivity index (χ0n) is 23.6. The van der Waals surface area contributed by atoms with Crippen LogP contribution in [0.5, 0.6) is 0 Å². The summed E-state index contributed by atoms with van der Waals surface area (Å²) >= 11 is 0. The molecule has 0 spiro atoms. The molecule has 4 N–H and O–H groups in total. The molecule has 0 aliphatic heterocycles. The molecule has 2 aromatic rings. The van der Waals surface area contributed by atoms with Gasteiger partial charge in [-0.1, -0.05) is 129 Å². The molecule has 2 aromatic carbocycles. The van der Waals surface area contributed by atoms with E-state index < -0.39 is 6.17 Å². The van der Waals surface area contributed by atoms with Crippen LogP contribution in [-0.4, -0.2) is 0 Å². The largest absolute Gasteiger partial charge is 0.399 e. The summed E-state index contributed by atoms with van der Waals surface area (Å²) in [4.78, 5) is 0. The van der Waals surface area contributed by atoms with Gasteiger partial charge in [0.25, 0.3) is 0 Å². The fourth-order valence-electron chi connectivity index (χ4n) is 4.68. The predicted molar refractivity (Wildman–Crippen MR) is 159 cm³/mol. The zero-order chi connectivity index (χ0) is 26.4. The van der Waals surface area contributed by atoms with Gasteiger partial charge in [-0.05, 0) is 60.6 Å². The highest BCUT2D eigenvalue weighted by Crippen LogP contribution is 2.30. The molecule has 204 valence electrons. The van der Waals surface area contributed by atoms with Gasteiger partial charge in [0.1, 0.15) is 6.17 Å². The number of benzene rings is 2. The molecule has 2 nitrogen and oxygen atoms in total. The Balaban J connectivity index is 0.000000809. The van der Waals surface area contributed by atoms with E-state index in [1.165, 1.54) is 82.6 Å². The van der Waals surface area contributed by atoms with Crippen molar-refractivity contribution in [2.24, 2.45) is 0 Å². The topological polar surface area (TPSA) is 52.0 Å². The van der Waals surface area contributed by atoms with Crippen LogP contribution < -0.4 is 11.5 Å². The maximum atomic E-state index is 14.4. The van der Waals surface area contributed by atoms with Crippen molar-refractivity contribution < 1.29 is 4.39 Å². The van der Waals surface area contributed by atoms with Crippen molar-refractivity contribution in [3.05, 3.63) is 59.7 Å². The summed E-state index contributed by atoms with van der Waals surface area (Å²) in [5, 5.41) is 0. The van der Waals surface area contributed by atoms with Crippen LogP contribution in [0.3, 0.4) is 0 Å². The molecule has 2 unspecified atom stereocenters. The summed E-state index contributed by atoms with van der Waals surface area (Å²) in [6.45, 7) is 6.75. The van der Waals surface area contributed by atoms with Crippen LogP contribution in [0.15, 0.2) is 48.5 Å². The van der Waals surface area contributed by atoms with Crippen molar-refractivity contribution >= 4 is 11.4 Å². The van der Waals surface area contributed by atoms with Gasteiger partial charge in [-0.3, -0.25) is 0 Å². The number of nitrogens with two attached hydrogens (primary N) is 2. The molecular formula is C33H55FN2. The van der Waals surface area contributed by atoms with E-state index in [9.17, 15) is 4.39 Å². The summed E-state index contributed by atoms with van der Waals surface area (Å²) in [6.07, 6.45) is 18.9. The van der Waals surface area contributed by atoms with Crippen LogP contribution in [0.4, 0.5) is 15.8 Å². The highest BCUT2D eigenvalue weighted by molar-refractivity contribution is 5.40. The predicted octanol–water partition coefficient (Wildman–Crippen LogP) is 10.9. The van der Waals surface area contributed by atoms with Crippen molar-refractivity contribution in [2.45, 2.75) is 136 Å². The zero-order valence-corrected chi connectivity index (χ0v) is 23.6. The van der Waals surface area contributed by atoms with Gasteiger partial charge in [-0.15, -0.1) is 0 Å². The summed E-state index contributed by atoms with van der Waals surface area (Å²) in [6, 6.07) is 15.6. The fraction of sp³-hybridized carbons (Fsp3) is 0.636. The van der Waals surface area contributed by atoms with Gasteiger partial charge in [0.2, 0.25) is 0 Å². The van der Waals surface area contributed by atoms with Crippen molar-refractivity contribution in [3.63, 3.8) is 0 Å². The number of hydrogen-bond donors (Lipinski definition) is 2. The van der Waals surface area contributed by atoms with Gasteiger partial charge in [-0.2, -0.15) is 0 Å². The number of hydrogen-bond acceptors (Lipinski definition) is 2. The Morgan fingerprint density at radius 3 is 1.33 bits per heavy atom. The number of unbranched alkanes of at least 4 members (excludes halogenated alkanes) is 10. The maximum Gasteiger partial charge on any atom is 0.125 e. The van der Waals surface area contributed by atoms with E-state index in [-0.39, 0.29) is 0 Å². The average Bonchev–Trinajstić information content (AvgIpc) is 2.89. The number of anilines is 2. The summed E-state index contributed by atoms with van der Waals surface area (Å²) in [7, 11) is 0. The van der Waals surface area contributed by atoms with Crippen LogP contribution in [0, 0.1) is 0 Å². The summed E-state index contributed by atoms with van der Waals surface area (Å²) in [5.41, 5.74) is 15.2. The molecule has 2 atom stereocenters. The van der Waals surface area contributed by atoms with Crippen molar-refractivity contribution in [3.8, 4) is 0 Å². The standard InChI is InChI=1S/C26H39FN2.C7H16/c1-2-3-4-5-7-10-21(22-13-17-24(28)18-14-22)11-8-6-9-12-26(27)23-15-19-25(29)20-16-23;1-3-5-7-6-4-2/h13-21,26H,2-12,28-29H2,1H3;3-7H2,1-2H3. The second kappa shape index (κ2) is 21.1. The molecule has 0 radical (unpaired) electrons. The first kappa shape index (κ1) is 32.0. The molecule has 0 amide bonds. The monoisotopic (exact) mass is 498 g/mol. The molecule has 2 rings (SSSR count). The lowest BCUT2D eigenvalue weighted by atomic mass is 9.88. The molecule has 0 aliphatic carbocycles. The van der Waals surface area contributed by atoms with E-state index in [1.807, 2.05) is 12.1 Å². The molecule has 0 aliphatic rings. The lowest BCUT2D eigenvalue weighted by Gasteiger charge is -2.18. The van der Waals surface area contributed by atoms with E-state index in [2.05, 4.69) is 32.9 Å². The van der Waals surface area contributed by atoms with Crippen LogP contribution >= 0.6 is 0 Å². The maximum absolute atomic E-state index is 14.4. The van der Waals surface area contributed by atoms with E-state index >= 15 is 0 Å². The minimum absolute atomic E-state index is 0.591. The molecule has 36 heavy (non-hydrogen) atoms. The number of rotatable bonds is 18. The second-order valence-electron chi connectivity index (χ2n) is 10.4. The van der Waals surface area contributed by atoms with Crippen LogP contribution in [0.1, 0.15) is 147 Å². The first-order chi connectivity index (χ1) is 17.5. The van der Waals surface area contributed by atoms with Crippen molar-refractivity contribution in [2.75, 3.05) is 11.5 Å². The Labute approximate surface area is 222 Å². The van der Waals surface area contributed by atoms with Crippen molar-refractivity contribution in [1.82, 2.24) is 0 Å². The third-order valence-corrected chi connectivity index (χ3v) is 7.08. The SMILES string of the molecule is CCCCCCC.CCCCCCCC(CCCCCC(F)c1ccc(N)cc1)c1ccc(N)cc1. The van der Waals surface area contributed by atoms with Gasteiger partial charge < -0.3 is 11.5 Å². The Kier molecular flexibility index (Phi) is 18.7. The minimum atomic E-state index is -0.887. The molecule has 0 aromatic heterocycles.